The number of imidazole rings is 1. The van der Waals surface area contributed by atoms with Gasteiger partial charge in [-0.3, -0.25) is 19.7 Å². The van der Waals surface area contributed by atoms with Crippen LogP contribution in [0.15, 0.2) is 71.8 Å². The molecule has 0 atom stereocenters. The first-order valence-corrected chi connectivity index (χ1v) is 9.20. The largest absolute Gasteiger partial charge is 0.345 e. The summed E-state index contributed by atoms with van der Waals surface area (Å²) < 4.78 is 1.22. The van der Waals surface area contributed by atoms with Gasteiger partial charge in [0.15, 0.2) is 5.69 Å². The Kier molecular flexibility index (Phi) is 5.10. The zero-order valence-electron chi connectivity index (χ0n) is 16.3. The normalized spacial score (nSPS) is 10.6. The van der Waals surface area contributed by atoms with Crippen molar-refractivity contribution < 1.29 is 9.72 Å². The minimum absolute atomic E-state index is 0.154. The maximum atomic E-state index is 12.7. The molecule has 0 fully saturated rings. The van der Waals surface area contributed by atoms with Gasteiger partial charge in [0.25, 0.3) is 11.6 Å². The Balaban J connectivity index is 1.66. The average molecular weight is 416 g/mol. The molecule has 4 aromatic rings. The molecule has 154 valence electrons. The number of aryl methyl sites for hydroxylation is 1. The highest BCUT2D eigenvalue weighted by Gasteiger charge is 2.20. The molecule has 2 heterocycles. The maximum Gasteiger partial charge on any atom is 0.294 e. The molecule has 0 aliphatic carbocycles. The molecule has 10 heteroatoms. The first kappa shape index (κ1) is 19.7. The van der Waals surface area contributed by atoms with Crippen LogP contribution in [-0.4, -0.2) is 30.6 Å². The number of nitro groups is 1. The zero-order valence-corrected chi connectivity index (χ0v) is 16.3. The molecule has 4 rings (SSSR count). The van der Waals surface area contributed by atoms with E-state index in [1.165, 1.54) is 28.9 Å². The van der Waals surface area contributed by atoms with Gasteiger partial charge in [-0.2, -0.15) is 5.10 Å². The summed E-state index contributed by atoms with van der Waals surface area (Å²) in [6.07, 6.45) is 3.34. The first-order chi connectivity index (χ1) is 14.9. The standard InChI is InChI=1S/C21H16N6O4/c1-13-12-18(28)19(25-26(13)16-4-2-3-5-17(16)27(30)31)21(29)24-15-8-6-14(7-9-15)20-22-10-11-23-20/h2-12H,1H3,(H,22,23)(H,24,29). The van der Waals surface area contributed by atoms with E-state index in [-0.39, 0.29) is 17.1 Å². The number of hydrogen-bond acceptors (Lipinski definition) is 6. The zero-order chi connectivity index (χ0) is 22.0. The summed E-state index contributed by atoms with van der Waals surface area (Å²) in [6, 6.07) is 14.1. The molecule has 2 aromatic carbocycles. The van der Waals surface area contributed by atoms with Crippen LogP contribution in [0.1, 0.15) is 16.2 Å². The minimum Gasteiger partial charge on any atom is -0.345 e. The second-order valence-electron chi connectivity index (χ2n) is 6.63. The van der Waals surface area contributed by atoms with Gasteiger partial charge in [-0.15, -0.1) is 0 Å². The predicted octanol–water partition coefficient (Wildman–Crippen LogP) is 3.09. The van der Waals surface area contributed by atoms with E-state index in [9.17, 15) is 19.7 Å². The first-order valence-electron chi connectivity index (χ1n) is 9.20. The van der Waals surface area contributed by atoms with Crippen molar-refractivity contribution in [3.05, 3.63) is 98.7 Å². The van der Waals surface area contributed by atoms with E-state index < -0.39 is 16.3 Å². The Labute approximate surface area is 175 Å². The lowest BCUT2D eigenvalue weighted by molar-refractivity contribution is -0.384. The van der Waals surface area contributed by atoms with E-state index in [0.29, 0.717) is 17.2 Å². The Bertz CT molecular complexity index is 1330. The SMILES string of the molecule is Cc1cc(=O)c(C(=O)Nc2ccc(-c3ncc[nH]3)cc2)nn1-c1ccccc1[N+](=O)[O-]. The van der Waals surface area contributed by atoms with Gasteiger partial charge in [0.2, 0.25) is 5.43 Å². The topological polar surface area (TPSA) is 136 Å². The number of anilines is 1. The van der Waals surface area contributed by atoms with Crippen LogP contribution in [0.2, 0.25) is 0 Å². The fourth-order valence-corrected chi connectivity index (χ4v) is 3.07. The van der Waals surface area contributed by atoms with Gasteiger partial charge < -0.3 is 10.3 Å². The number of hydrogen-bond donors (Lipinski definition) is 2. The quantitative estimate of drug-likeness (QED) is 0.379. The molecule has 0 aliphatic rings. The van der Waals surface area contributed by atoms with Crippen LogP contribution in [0.25, 0.3) is 17.1 Å². The number of nitrogens with one attached hydrogen (secondary N) is 2. The average Bonchev–Trinajstić information content (AvgIpc) is 3.29. The number of carbonyl (C=O) groups excluding carboxylic acids is 1. The van der Waals surface area contributed by atoms with Crippen molar-refractivity contribution >= 4 is 17.3 Å². The molecule has 2 N–H and O–H groups in total. The second kappa shape index (κ2) is 8.03. The van der Waals surface area contributed by atoms with Gasteiger partial charge in [0.1, 0.15) is 11.5 Å². The van der Waals surface area contributed by atoms with Gasteiger partial charge in [0, 0.05) is 41.5 Å². The lowest BCUT2D eigenvalue weighted by Crippen LogP contribution is -2.27. The van der Waals surface area contributed by atoms with Crippen molar-refractivity contribution in [3.63, 3.8) is 0 Å². The minimum atomic E-state index is -0.719. The van der Waals surface area contributed by atoms with Crippen molar-refractivity contribution in [1.82, 2.24) is 19.7 Å². The molecule has 31 heavy (non-hydrogen) atoms. The van der Waals surface area contributed by atoms with Crippen LogP contribution in [0, 0.1) is 17.0 Å². The fraction of sp³-hybridized carbons (Fsp3) is 0.0476. The third kappa shape index (κ3) is 3.94. The molecule has 10 nitrogen and oxygen atoms in total. The summed E-state index contributed by atoms with van der Waals surface area (Å²) in [7, 11) is 0. The highest BCUT2D eigenvalue weighted by atomic mass is 16.6. The van der Waals surface area contributed by atoms with E-state index in [1.807, 2.05) is 0 Å². The fourth-order valence-electron chi connectivity index (χ4n) is 3.07. The van der Waals surface area contributed by atoms with Crippen LogP contribution >= 0.6 is 0 Å². The summed E-state index contributed by atoms with van der Waals surface area (Å²) in [6.45, 7) is 1.58. The summed E-state index contributed by atoms with van der Waals surface area (Å²) in [5, 5.41) is 18.1. The molecule has 0 unspecified atom stereocenters. The predicted molar refractivity (Wildman–Crippen MR) is 113 cm³/mol. The number of benzene rings is 2. The van der Waals surface area contributed by atoms with E-state index in [0.717, 1.165) is 5.56 Å². The summed E-state index contributed by atoms with van der Waals surface area (Å²) in [4.78, 5) is 43.1. The molecule has 0 saturated heterocycles. The highest BCUT2D eigenvalue weighted by molar-refractivity contribution is 6.02. The molecule has 0 radical (unpaired) electrons. The van der Waals surface area contributed by atoms with Crippen LogP contribution < -0.4 is 10.7 Å². The van der Waals surface area contributed by atoms with Crippen molar-refractivity contribution in [2.45, 2.75) is 6.92 Å². The number of nitrogens with zero attached hydrogens (tertiary/aromatic N) is 4. The number of H-pyrrole nitrogens is 1. The molecule has 0 saturated carbocycles. The number of nitro benzene ring substituents is 1. The Morgan fingerprint density at radius 1 is 1.16 bits per heavy atom. The van der Waals surface area contributed by atoms with Gasteiger partial charge in [0.05, 0.1) is 4.92 Å². The Morgan fingerprint density at radius 2 is 1.90 bits per heavy atom. The van der Waals surface area contributed by atoms with Crippen molar-refractivity contribution in [2.24, 2.45) is 0 Å². The second-order valence-corrected chi connectivity index (χ2v) is 6.63. The van der Waals surface area contributed by atoms with E-state index in [1.54, 1.807) is 49.6 Å². The third-order valence-corrected chi connectivity index (χ3v) is 4.54. The summed E-state index contributed by atoms with van der Waals surface area (Å²) >= 11 is 0. The molecular weight excluding hydrogens is 400 g/mol. The van der Waals surface area contributed by atoms with Gasteiger partial charge in [-0.1, -0.05) is 12.1 Å². The van der Waals surface area contributed by atoms with Gasteiger partial charge in [-0.25, -0.2) is 9.67 Å². The molecular formula is C21H16N6O4. The third-order valence-electron chi connectivity index (χ3n) is 4.54. The number of para-hydroxylation sites is 2. The maximum absolute atomic E-state index is 12.7. The molecule has 1 amide bonds. The van der Waals surface area contributed by atoms with Crippen LogP contribution in [0.5, 0.6) is 0 Å². The lowest BCUT2D eigenvalue weighted by atomic mass is 10.2. The van der Waals surface area contributed by atoms with Crippen LogP contribution in [-0.2, 0) is 0 Å². The Morgan fingerprint density at radius 3 is 2.58 bits per heavy atom. The highest BCUT2D eigenvalue weighted by Crippen LogP contribution is 2.22. The smallest absolute Gasteiger partial charge is 0.294 e. The van der Waals surface area contributed by atoms with Crippen molar-refractivity contribution in [3.8, 4) is 17.1 Å². The monoisotopic (exact) mass is 416 g/mol. The Hall–Kier alpha value is -4.60. The van der Waals surface area contributed by atoms with Gasteiger partial charge >= 0.3 is 0 Å². The van der Waals surface area contributed by atoms with E-state index >= 15 is 0 Å². The summed E-state index contributed by atoms with van der Waals surface area (Å²) in [5.41, 5.74) is 0.646. The summed E-state index contributed by atoms with van der Waals surface area (Å²) in [5.74, 6) is -0.0338. The number of aromatic nitrogens is 4. The number of amides is 1. The molecule has 0 spiro atoms. The molecule has 0 bridgehead atoms. The van der Waals surface area contributed by atoms with Crippen molar-refractivity contribution in [2.75, 3.05) is 5.32 Å². The van der Waals surface area contributed by atoms with Crippen LogP contribution in [0.3, 0.4) is 0 Å². The van der Waals surface area contributed by atoms with E-state index in [2.05, 4.69) is 20.4 Å². The molecule has 2 aromatic heterocycles. The lowest BCUT2D eigenvalue weighted by Gasteiger charge is -2.11. The number of carbonyl (C=O) groups is 1. The number of aromatic amines is 1. The number of rotatable bonds is 5. The van der Waals surface area contributed by atoms with Gasteiger partial charge in [-0.05, 0) is 37.3 Å². The van der Waals surface area contributed by atoms with Crippen LogP contribution in [0.4, 0.5) is 11.4 Å². The van der Waals surface area contributed by atoms with E-state index in [4.69, 9.17) is 0 Å². The molecule has 0 aliphatic heterocycles. The van der Waals surface area contributed by atoms with Crippen molar-refractivity contribution in [1.29, 1.82) is 0 Å².